The number of piperidine rings is 1. The average molecular weight is 604 g/mol. The lowest BCUT2D eigenvalue weighted by Gasteiger charge is -2.58. The van der Waals surface area contributed by atoms with Crippen LogP contribution >= 0.6 is 11.6 Å². The van der Waals surface area contributed by atoms with E-state index >= 15 is 0 Å². The number of amides is 1. The minimum Gasteiger partial charge on any atom is -0.375 e. The molecule has 10 heteroatoms. The third-order valence-corrected chi connectivity index (χ3v) is 11.8. The number of aromatic amines is 1. The van der Waals surface area contributed by atoms with Crippen LogP contribution in [0.2, 0.25) is 5.02 Å². The van der Waals surface area contributed by atoms with Crippen LogP contribution < -0.4 is 4.90 Å². The smallest absolute Gasteiger partial charge is 0.245 e. The Hall–Kier alpha value is -2.88. The fourth-order valence-corrected chi connectivity index (χ4v) is 9.38. The third-order valence-electron chi connectivity index (χ3n) is 11.3. The Morgan fingerprint density at radius 1 is 1.16 bits per heavy atom. The van der Waals surface area contributed by atoms with Crippen LogP contribution in [0.15, 0.2) is 24.9 Å². The number of hydrogen-bond acceptors (Lipinski definition) is 6. The fourth-order valence-electron chi connectivity index (χ4n) is 9.13. The van der Waals surface area contributed by atoms with Crippen LogP contribution in [0, 0.1) is 19.3 Å². The highest BCUT2D eigenvalue weighted by molar-refractivity contribution is 6.36. The number of aromatic nitrogens is 4. The zero-order chi connectivity index (χ0) is 29.8. The Labute approximate surface area is 258 Å². The molecule has 1 aliphatic carbocycles. The lowest BCUT2D eigenvalue weighted by molar-refractivity contribution is -0.149. The summed E-state index contributed by atoms with van der Waals surface area (Å²) in [6, 6.07) is 3.52. The number of carbonyl (C=O) groups excluding carboxylic acids is 1. The van der Waals surface area contributed by atoms with Crippen LogP contribution in [-0.4, -0.2) is 92.2 Å². The molecule has 4 aliphatic heterocycles. The van der Waals surface area contributed by atoms with Gasteiger partial charge in [-0.1, -0.05) is 18.2 Å². The quantitative estimate of drug-likeness (QED) is 0.400. The maximum Gasteiger partial charge on any atom is 0.245 e. The van der Waals surface area contributed by atoms with Crippen molar-refractivity contribution in [2.75, 3.05) is 37.7 Å². The van der Waals surface area contributed by atoms with E-state index < -0.39 is 0 Å². The predicted molar refractivity (Wildman–Crippen MR) is 169 cm³/mol. The van der Waals surface area contributed by atoms with Crippen molar-refractivity contribution >= 4 is 34.2 Å². The van der Waals surface area contributed by atoms with Gasteiger partial charge in [-0.05, 0) is 77.5 Å². The second-order valence-electron chi connectivity index (χ2n) is 14.6. The molecule has 1 N–H and O–H groups in total. The highest BCUT2D eigenvalue weighted by Gasteiger charge is 2.55. The van der Waals surface area contributed by atoms with Crippen LogP contribution in [0.25, 0.3) is 22.0 Å². The summed E-state index contributed by atoms with van der Waals surface area (Å²) in [7, 11) is 0. The Kier molecular flexibility index (Phi) is 6.15. The minimum absolute atomic E-state index is 0.0343. The molecule has 43 heavy (non-hydrogen) atoms. The summed E-state index contributed by atoms with van der Waals surface area (Å²) >= 11 is 7.17. The van der Waals surface area contributed by atoms with Crippen molar-refractivity contribution in [3.05, 3.63) is 41.2 Å². The fraction of sp³-hybridized carbons (Fsp3) is 0.606. The summed E-state index contributed by atoms with van der Waals surface area (Å²) in [5, 5.41) is 14.8. The van der Waals surface area contributed by atoms with Gasteiger partial charge < -0.3 is 14.5 Å². The van der Waals surface area contributed by atoms with E-state index in [4.69, 9.17) is 21.4 Å². The van der Waals surface area contributed by atoms with Crippen molar-refractivity contribution in [3.8, 4) is 11.1 Å². The SMILES string of the molecule is C=CC(=O)N1CC2(CC(n3nc(N4CCC(N5C[C@@H]6C[C@H]5CO6)CC4(C)C)c(-c4c(Cl)c(C)cc5[nH]ncc45)c3C)C2)C1. The number of morpholine rings is 1. The number of likely N-dealkylation sites (tertiary alicyclic amines) is 2. The number of H-pyrrole nitrogens is 1. The van der Waals surface area contributed by atoms with Gasteiger partial charge in [0.05, 0.1) is 35.5 Å². The van der Waals surface area contributed by atoms with Crippen molar-refractivity contribution < 1.29 is 9.53 Å². The molecule has 1 saturated carbocycles. The van der Waals surface area contributed by atoms with E-state index in [1.165, 1.54) is 12.5 Å². The number of anilines is 1. The van der Waals surface area contributed by atoms with E-state index in [1.807, 2.05) is 11.1 Å². The Morgan fingerprint density at radius 3 is 2.63 bits per heavy atom. The number of ether oxygens (including phenoxy) is 1. The number of nitrogens with zero attached hydrogens (tertiary/aromatic N) is 6. The molecule has 8 rings (SSSR count). The van der Waals surface area contributed by atoms with Crippen molar-refractivity contribution in [2.24, 2.45) is 5.41 Å². The molecule has 1 spiro atoms. The van der Waals surface area contributed by atoms with E-state index in [0.29, 0.717) is 24.2 Å². The number of carbonyl (C=O) groups is 1. The van der Waals surface area contributed by atoms with Crippen LogP contribution in [0.3, 0.4) is 0 Å². The first-order valence-corrected chi connectivity index (χ1v) is 16.2. The maximum absolute atomic E-state index is 12.1. The number of hydrogen-bond donors (Lipinski definition) is 1. The normalized spacial score (nSPS) is 28.1. The molecule has 9 nitrogen and oxygen atoms in total. The number of rotatable bonds is 5. The molecule has 4 saturated heterocycles. The molecule has 0 radical (unpaired) electrons. The molecule has 228 valence electrons. The molecular weight excluding hydrogens is 562 g/mol. The number of nitrogens with one attached hydrogen (secondary N) is 1. The van der Waals surface area contributed by atoms with Gasteiger partial charge in [0.15, 0.2) is 5.82 Å². The van der Waals surface area contributed by atoms with Gasteiger partial charge in [-0.25, -0.2) is 0 Å². The molecule has 6 heterocycles. The predicted octanol–water partition coefficient (Wildman–Crippen LogP) is 5.27. The Morgan fingerprint density at radius 2 is 1.95 bits per heavy atom. The van der Waals surface area contributed by atoms with Crippen LogP contribution in [0.5, 0.6) is 0 Å². The summed E-state index contributed by atoms with van der Waals surface area (Å²) in [6.07, 6.45) is 9.19. The number of halogens is 1. The van der Waals surface area contributed by atoms with Crippen LogP contribution in [-0.2, 0) is 9.53 Å². The largest absolute Gasteiger partial charge is 0.375 e. The van der Waals surface area contributed by atoms with Gasteiger partial charge in [0.25, 0.3) is 0 Å². The summed E-state index contributed by atoms with van der Waals surface area (Å²) in [5.41, 5.74) is 5.43. The summed E-state index contributed by atoms with van der Waals surface area (Å²) in [5.74, 6) is 1.06. The Balaban J connectivity index is 1.16. The third kappa shape index (κ3) is 4.14. The standard InChI is InChI=1S/C33H42ClN7O2/c1-6-27(42)38-17-33(18-38)12-23(13-33)41-20(3)28(29-25-14-35-36-26(25)9-19(2)30(29)34)31(37-41)40-8-7-21(11-32(40,4)5)39-15-24-10-22(39)16-43-24/h6,9,14,21-24H,1,7-8,10-13,15-18H2,2-5H3,(H,35,36)/t21?,22-,24-/m0/s1. The van der Waals surface area contributed by atoms with Gasteiger partial charge in [0.2, 0.25) is 5.91 Å². The summed E-state index contributed by atoms with van der Waals surface area (Å²) in [6.45, 7) is 17.2. The number of fused-ring (bicyclic) bond motifs is 3. The molecule has 5 aliphatic rings. The first-order valence-electron chi connectivity index (χ1n) is 15.9. The molecule has 3 aromatic rings. The van der Waals surface area contributed by atoms with Crippen molar-refractivity contribution in [2.45, 2.75) is 89.6 Å². The zero-order valence-corrected chi connectivity index (χ0v) is 26.5. The monoisotopic (exact) mass is 603 g/mol. The lowest BCUT2D eigenvalue weighted by atomic mass is 9.60. The molecule has 2 bridgehead atoms. The van der Waals surface area contributed by atoms with Crippen molar-refractivity contribution in [1.82, 2.24) is 29.8 Å². The lowest BCUT2D eigenvalue weighted by Crippen LogP contribution is -2.63. The topological polar surface area (TPSA) is 82.5 Å². The molecule has 1 amide bonds. The van der Waals surface area contributed by atoms with Gasteiger partial charge in [0.1, 0.15) is 0 Å². The maximum atomic E-state index is 12.1. The average Bonchev–Trinajstić information content (AvgIpc) is 3.73. The zero-order valence-electron chi connectivity index (χ0n) is 25.7. The molecule has 5 fully saturated rings. The van der Waals surface area contributed by atoms with Crippen molar-refractivity contribution in [1.29, 1.82) is 0 Å². The van der Waals surface area contributed by atoms with E-state index in [2.05, 4.69) is 65.0 Å². The molecule has 1 aromatic carbocycles. The minimum atomic E-state index is -0.0852. The van der Waals surface area contributed by atoms with E-state index in [0.717, 1.165) is 103 Å². The van der Waals surface area contributed by atoms with Gasteiger partial charge >= 0.3 is 0 Å². The number of benzene rings is 1. The first-order chi connectivity index (χ1) is 20.6. The van der Waals surface area contributed by atoms with Gasteiger partial charge in [-0.2, -0.15) is 10.2 Å². The molecule has 2 aromatic heterocycles. The van der Waals surface area contributed by atoms with Gasteiger partial charge in [0, 0.05) is 71.4 Å². The van der Waals surface area contributed by atoms with E-state index in [1.54, 1.807) is 0 Å². The van der Waals surface area contributed by atoms with Gasteiger partial charge in [-0.3, -0.25) is 19.5 Å². The summed E-state index contributed by atoms with van der Waals surface area (Å²) < 4.78 is 8.20. The van der Waals surface area contributed by atoms with E-state index in [-0.39, 0.29) is 16.9 Å². The van der Waals surface area contributed by atoms with Gasteiger partial charge in [-0.15, -0.1) is 0 Å². The van der Waals surface area contributed by atoms with E-state index in [9.17, 15) is 4.79 Å². The summed E-state index contributed by atoms with van der Waals surface area (Å²) in [4.78, 5) is 19.3. The second-order valence-corrected chi connectivity index (χ2v) is 14.9. The highest BCUT2D eigenvalue weighted by Crippen LogP contribution is 2.56. The second kappa shape index (κ2) is 9.56. The molecule has 3 atom stereocenters. The van der Waals surface area contributed by atoms with Crippen molar-refractivity contribution in [3.63, 3.8) is 0 Å². The molecule has 1 unspecified atom stereocenters. The molecular formula is C33H42ClN7O2. The Bertz CT molecular complexity index is 1630. The van der Waals surface area contributed by atoms with Crippen LogP contribution in [0.4, 0.5) is 5.82 Å². The first kappa shape index (κ1) is 27.7. The highest BCUT2D eigenvalue weighted by atomic mass is 35.5. The van der Waals surface area contributed by atoms with Crippen LogP contribution in [0.1, 0.15) is 63.3 Å². The number of aryl methyl sites for hydroxylation is 1.